The standard InChI is InChI=1S/C15H9F2N3/c16-12-5-14-15(6-13(12)17)20(9-19-14)8-11-3-1-10(7-18)2-4-11/h1-6,9H,8H2. The molecule has 0 aliphatic heterocycles. The molecule has 3 rings (SSSR count). The second-order valence-electron chi connectivity index (χ2n) is 4.44. The van der Waals surface area contributed by atoms with Gasteiger partial charge >= 0.3 is 0 Å². The average molecular weight is 269 g/mol. The van der Waals surface area contributed by atoms with Gasteiger partial charge in [-0.15, -0.1) is 0 Å². The lowest BCUT2D eigenvalue weighted by Gasteiger charge is -2.05. The third kappa shape index (κ3) is 2.12. The normalized spacial score (nSPS) is 10.7. The minimum Gasteiger partial charge on any atom is -0.326 e. The minimum atomic E-state index is -0.902. The van der Waals surface area contributed by atoms with E-state index in [-0.39, 0.29) is 0 Å². The number of halogens is 2. The monoisotopic (exact) mass is 269 g/mol. The van der Waals surface area contributed by atoms with Crippen LogP contribution in [-0.4, -0.2) is 9.55 Å². The maximum atomic E-state index is 13.3. The van der Waals surface area contributed by atoms with E-state index in [1.54, 1.807) is 23.0 Å². The van der Waals surface area contributed by atoms with E-state index in [1.165, 1.54) is 0 Å². The first kappa shape index (κ1) is 12.3. The van der Waals surface area contributed by atoms with Crippen molar-refractivity contribution in [2.24, 2.45) is 0 Å². The van der Waals surface area contributed by atoms with E-state index >= 15 is 0 Å². The number of aromatic nitrogens is 2. The topological polar surface area (TPSA) is 41.6 Å². The molecule has 1 heterocycles. The van der Waals surface area contributed by atoms with Gasteiger partial charge in [-0.1, -0.05) is 12.1 Å². The summed E-state index contributed by atoms with van der Waals surface area (Å²) in [7, 11) is 0. The molecule has 98 valence electrons. The Hall–Kier alpha value is -2.74. The van der Waals surface area contributed by atoms with E-state index < -0.39 is 11.6 Å². The van der Waals surface area contributed by atoms with Crippen molar-refractivity contribution in [3.05, 3.63) is 65.5 Å². The fourth-order valence-electron chi connectivity index (χ4n) is 2.06. The molecule has 0 radical (unpaired) electrons. The Balaban J connectivity index is 1.98. The predicted molar refractivity (Wildman–Crippen MR) is 69.9 cm³/mol. The highest BCUT2D eigenvalue weighted by atomic mass is 19.2. The zero-order valence-electron chi connectivity index (χ0n) is 10.3. The van der Waals surface area contributed by atoms with Gasteiger partial charge in [0.25, 0.3) is 0 Å². The summed E-state index contributed by atoms with van der Waals surface area (Å²) in [5.41, 5.74) is 2.48. The maximum Gasteiger partial charge on any atom is 0.161 e. The molecule has 0 saturated carbocycles. The van der Waals surface area contributed by atoms with Crippen LogP contribution >= 0.6 is 0 Å². The van der Waals surface area contributed by atoms with Crippen LogP contribution in [0.1, 0.15) is 11.1 Å². The molecular weight excluding hydrogens is 260 g/mol. The van der Waals surface area contributed by atoms with E-state index in [1.807, 2.05) is 18.2 Å². The zero-order chi connectivity index (χ0) is 14.1. The van der Waals surface area contributed by atoms with Gasteiger partial charge in [0.1, 0.15) is 0 Å². The van der Waals surface area contributed by atoms with E-state index in [2.05, 4.69) is 4.98 Å². The molecule has 1 aromatic heterocycles. The molecule has 0 spiro atoms. The first-order valence-electron chi connectivity index (χ1n) is 5.96. The smallest absolute Gasteiger partial charge is 0.161 e. The third-order valence-electron chi connectivity index (χ3n) is 3.10. The van der Waals surface area contributed by atoms with Crippen molar-refractivity contribution in [3.8, 4) is 6.07 Å². The van der Waals surface area contributed by atoms with Gasteiger partial charge in [0.15, 0.2) is 11.6 Å². The number of fused-ring (bicyclic) bond motifs is 1. The number of rotatable bonds is 2. The van der Waals surface area contributed by atoms with E-state index in [4.69, 9.17) is 5.26 Å². The molecule has 3 nitrogen and oxygen atoms in total. The number of imidazole rings is 1. The van der Waals surface area contributed by atoms with E-state index in [0.717, 1.165) is 17.7 Å². The molecule has 0 unspecified atom stereocenters. The van der Waals surface area contributed by atoms with Crippen LogP contribution in [0, 0.1) is 23.0 Å². The molecule has 5 heteroatoms. The lowest BCUT2D eigenvalue weighted by atomic mass is 10.1. The van der Waals surface area contributed by atoms with Crippen LogP contribution in [0.15, 0.2) is 42.7 Å². The lowest BCUT2D eigenvalue weighted by molar-refractivity contribution is 0.510. The number of nitriles is 1. The Morgan fingerprint density at radius 2 is 1.80 bits per heavy atom. The number of hydrogen-bond acceptors (Lipinski definition) is 2. The van der Waals surface area contributed by atoms with Crippen LogP contribution in [-0.2, 0) is 6.54 Å². The van der Waals surface area contributed by atoms with Gasteiger partial charge in [0, 0.05) is 18.7 Å². The summed E-state index contributed by atoms with van der Waals surface area (Å²) in [5, 5.41) is 8.74. The molecule has 0 bridgehead atoms. The third-order valence-corrected chi connectivity index (χ3v) is 3.10. The molecule has 0 saturated heterocycles. The van der Waals surface area contributed by atoms with Crippen molar-refractivity contribution < 1.29 is 8.78 Å². The summed E-state index contributed by atoms with van der Waals surface area (Å²) < 4.78 is 28.1. The largest absolute Gasteiger partial charge is 0.326 e. The zero-order valence-corrected chi connectivity index (χ0v) is 10.3. The quantitative estimate of drug-likeness (QED) is 0.716. The molecule has 3 aromatic rings. The summed E-state index contributed by atoms with van der Waals surface area (Å²) in [6, 6.07) is 11.4. The van der Waals surface area contributed by atoms with Crippen molar-refractivity contribution in [2.75, 3.05) is 0 Å². The maximum absolute atomic E-state index is 13.3. The molecule has 2 aromatic carbocycles. The Labute approximate surface area is 113 Å². The summed E-state index contributed by atoms with van der Waals surface area (Å²) in [6.45, 7) is 0.479. The number of nitrogens with zero attached hydrogens (tertiary/aromatic N) is 3. The van der Waals surface area contributed by atoms with Crippen molar-refractivity contribution in [3.63, 3.8) is 0 Å². The fraction of sp³-hybridized carbons (Fsp3) is 0.0667. The van der Waals surface area contributed by atoms with E-state index in [0.29, 0.717) is 23.1 Å². The van der Waals surface area contributed by atoms with Crippen LogP contribution in [0.4, 0.5) is 8.78 Å². The molecule has 0 aliphatic carbocycles. The molecule has 0 amide bonds. The van der Waals surface area contributed by atoms with Crippen LogP contribution in [0.25, 0.3) is 11.0 Å². The molecular formula is C15H9F2N3. The van der Waals surface area contributed by atoms with Gasteiger partial charge in [-0.3, -0.25) is 0 Å². The van der Waals surface area contributed by atoms with Crippen molar-refractivity contribution >= 4 is 11.0 Å². The highest BCUT2D eigenvalue weighted by molar-refractivity contribution is 5.75. The molecule has 0 atom stereocenters. The Morgan fingerprint density at radius 3 is 2.50 bits per heavy atom. The lowest BCUT2D eigenvalue weighted by Crippen LogP contribution is -1.98. The predicted octanol–water partition coefficient (Wildman–Crippen LogP) is 3.23. The van der Waals surface area contributed by atoms with Gasteiger partial charge in [0.05, 0.1) is 29.0 Å². The van der Waals surface area contributed by atoms with Crippen molar-refractivity contribution in [2.45, 2.75) is 6.54 Å². The van der Waals surface area contributed by atoms with Gasteiger partial charge in [0.2, 0.25) is 0 Å². The van der Waals surface area contributed by atoms with Crippen LogP contribution in [0.5, 0.6) is 0 Å². The van der Waals surface area contributed by atoms with Gasteiger partial charge in [-0.25, -0.2) is 13.8 Å². The fourth-order valence-corrected chi connectivity index (χ4v) is 2.06. The summed E-state index contributed by atoms with van der Waals surface area (Å²) in [4.78, 5) is 4.05. The highest BCUT2D eigenvalue weighted by Crippen LogP contribution is 2.18. The van der Waals surface area contributed by atoms with Gasteiger partial charge in [-0.2, -0.15) is 5.26 Å². The van der Waals surface area contributed by atoms with Gasteiger partial charge < -0.3 is 4.57 Å². The number of hydrogen-bond donors (Lipinski definition) is 0. The first-order chi connectivity index (χ1) is 9.67. The minimum absolute atomic E-state index is 0.414. The SMILES string of the molecule is N#Cc1ccc(Cn2cnc3cc(F)c(F)cc32)cc1. The van der Waals surface area contributed by atoms with Gasteiger partial charge in [-0.05, 0) is 17.7 Å². The van der Waals surface area contributed by atoms with Crippen molar-refractivity contribution in [1.82, 2.24) is 9.55 Å². The summed E-state index contributed by atoms with van der Waals surface area (Å²) >= 11 is 0. The second kappa shape index (κ2) is 4.74. The van der Waals surface area contributed by atoms with Crippen LogP contribution in [0.3, 0.4) is 0 Å². The number of benzene rings is 2. The average Bonchev–Trinajstić information content (AvgIpc) is 2.83. The Morgan fingerprint density at radius 1 is 1.10 bits per heavy atom. The van der Waals surface area contributed by atoms with Crippen LogP contribution in [0.2, 0.25) is 0 Å². The summed E-state index contributed by atoms with van der Waals surface area (Å²) in [5.74, 6) is -1.79. The summed E-state index contributed by atoms with van der Waals surface area (Å²) in [6.07, 6.45) is 1.54. The second-order valence-corrected chi connectivity index (χ2v) is 4.44. The Kier molecular flexibility index (Phi) is 2.92. The van der Waals surface area contributed by atoms with Crippen LogP contribution < -0.4 is 0 Å². The Bertz CT molecular complexity index is 813. The molecule has 0 N–H and O–H groups in total. The highest BCUT2D eigenvalue weighted by Gasteiger charge is 2.09. The van der Waals surface area contributed by atoms with E-state index in [9.17, 15) is 8.78 Å². The molecule has 20 heavy (non-hydrogen) atoms. The first-order valence-corrected chi connectivity index (χ1v) is 5.96. The molecule has 0 aliphatic rings. The molecule has 0 fully saturated rings. The van der Waals surface area contributed by atoms with Crippen molar-refractivity contribution in [1.29, 1.82) is 5.26 Å².